The molecule has 2 aromatic carbocycles. The zero-order valence-corrected chi connectivity index (χ0v) is 12.1. The second kappa shape index (κ2) is 6.65. The maximum Gasteiger partial charge on any atom is 0.262 e. The van der Waals surface area contributed by atoms with Gasteiger partial charge in [0.2, 0.25) is 0 Å². The lowest BCUT2D eigenvalue weighted by atomic mass is 10.1. The van der Waals surface area contributed by atoms with Gasteiger partial charge in [-0.15, -0.1) is 0 Å². The van der Waals surface area contributed by atoms with Crippen molar-refractivity contribution in [2.24, 2.45) is 0 Å². The highest BCUT2D eigenvalue weighted by Crippen LogP contribution is 2.26. The molecule has 0 atom stereocenters. The van der Waals surface area contributed by atoms with Gasteiger partial charge in [0.05, 0.1) is 18.5 Å². The van der Waals surface area contributed by atoms with Crippen molar-refractivity contribution in [3.05, 3.63) is 48.0 Å². The highest BCUT2D eigenvalue weighted by molar-refractivity contribution is 5.95. The number of nitrogen functional groups attached to an aromatic ring is 1. The summed E-state index contributed by atoms with van der Waals surface area (Å²) < 4.78 is 10.6. The number of carbonyl (C=O) groups is 1. The smallest absolute Gasteiger partial charge is 0.262 e. The number of ether oxygens (including phenoxy) is 2. The Morgan fingerprint density at radius 2 is 1.86 bits per heavy atom. The molecule has 5 nitrogen and oxygen atoms in total. The largest absolute Gasteiger partial charge is 0.493 e. The lowest BCUT2D eigenvalue weighted by Gasteiger charge is -2.13. The first-order valence-corrected chi connectivity index (χ1v) is 6.52. The van der Waals surface area contributed by atoms with Crippen LogP contribution in [0.15, 0.2) is 42.5 Å². The van der Waals surface area contributed by atoms with Gasteiger partial charge in [0.15, 0.2) is 18.1 Å². The van der Waals surface area contributed by atoms with E-state index in [1.807, 2.05) is 31.2 Å². The summed E-state index contributed by atoms with van der Waals surface area (Å²) in [7, 11) is 1.55. The Hall–Kier alpha value is -2.69. The molecule has 0 fully saturated rings. The fourth-order valence-electron chi connectivity index (χ4n) is 1.92. The Balaban J connectivity index is 1.99. The summed E-state index contributed by atoms with van der Waals surface area (Å²) in [5.74, 6) is 0.829. The van der Waals surface area contributed by atoms with Gasteiger partial charge in [0.25, 0.3) is 5.91 Å². The number of methoxy groups -OCH3 is 1. The minimum absolute atomic E-state index is 0.117. The van der Waals surface area contributed by atoms with Gasteiger partial charge in [-0.3, -0.25) is 4.79 Å². The highest BCUT2D eigenvalue weighted by atomic mass is 16.5. The average molecular weight is 286 g/mol. The molecule has 110 valence electrons. The molecule has 0 heterocycles. The number of benzene rings is 2. The predicted molar refractivity (Wildman–Crippen MR) is 82.7 cm³/mol. The van der Waals surface area contributed by atoms with Crippen molar-refractivity contribution < 1.29 is 14.3 Å². The Morgan fingerprint density at radius 1 is 1.14 bits per heavy atom. The van der Waals surface area contributed by atoms with Crippen LogP contribution in [0.5, 0.6) is 11.5 Å². The minimum Gasteiger partial charge on any atom is -0.493 e. The number of aryl methyl sites for hydroxylation is 1. The van der Waals surface area contributed by atoms with E-state index in [9.17, 15) is 4.79 Å². The number of nitrogens with one attached hydrogen (secondary N) is 1. The number of anilines is 2. The summed E-state index contributed by atoms with van der Waals surface area (Å²) in [6.45, 7) is 1.77. The van der Waals surface area contributed by atoms with Gasteiger partial charge in [0.1, 0.15) is 0 Å². The number of nitrogens with two attached hydrogens (primary N) is 1. The van der Waals surface area contributed by atoms with Crippen molar-refractivity contribution in [1.82, 2.24) is 0 Å². The summed E-state index contributed by atoms with van der Waals surface area (Å²) in [4.78, 5) is 12.0. The van der Waals surface area contributed by atoms with E-state index in [2.05, 4.69) is 5.32 Å². The van der Waals surface area contributed by atoms with Crippen LogP contribution in [0.2, 0.25) is 0 Å². The molecule has 5 heteroatoms. The fourth-order valence-corrected chi connectivity index (χ4v) is 1.92. The summed E-state index contributed by atoms with van der Waals surface area (Å²) in [6.07, 6.45) is 0. The van der Waals surface area contributed by atoms with Crippen molar-refractivity contribution >= 4 is 17.3 Å². The van der Waals surface area contributed by atoms with Crippen LogP contribution in [0, 0.1) is 6.92 Å². The van der Waals surface area contributed by atoms with E-state index in [1.54, 1.807) is 25.3 Å². The third-order valence-electron chi connectivity index (χ3n) is 3.00. The van der Waals surface area contributed by atoms with E-state index >= 15 is 0 Å². The van der Waals surface area contributed by atoms with Crippen molar-refractivity contribution in [2.45, 2.75) is 6.92 Å². The molecule has 0 radical (unpaired) electrons. The molecular formula is C16H18N2O3. The topological polar surface area (TPSA) is 73.6 Å². The molecule has 2 aromatic rings. The van der Waals surface area contributed by atoms with Crippen LogP contribution in [0.3, 0.4) is 0 Å². The van der Waals surface area contributed by atoms with E-state index in [-0.39, 0.29) is 12.5 Å². The van der Waals surface area contributed by atoms with Crippen LogP contribution >= 0.6 is 0 Å². The average Bonchev–Trinajstić information content (AvgIpc) is 2.49. The zero-order chi connectivity index (χ0) is 15.2. The zero-order valence-electron chi connectivity index (χ0n) is 12.1. The summed E-state index contributed by atoms with van der Waals surface area (Å²) in [5.41, 5.74) is 7.90. The van der Waals surface area contributed by atoms with Gasteiger partial charge >= 0.3 is 0 Å². The van der Waals surface area contributed by atoms with Crippen LogP contribution in [0.4, 0.5) is 11.4 Å². The lowest BCUT2D eigenvalue weighted by molar-refractivity contribution is -0.118. The van der Waals surface area contributed by atoms with Crippen LogP contribution in [-0.4, -0.2) is 19.6 Å². The molecule has 0 aromatic heterocycles. The molecule has 2 rings (SSSR count). The third kappa shape index (κ3) is 3.66. The number of carbonyl (C=O) groups excluding carboxylic acids is 1. The van der Waals surface area contributed by atoms with E-state index in [0.29, 0.717) is 22.9 Å². The number of rotatable bonds is 5. The molecule has 0 unspecified atom stereocenters. The molecule has 0 spiro atoms. The first-order chi connectivity index (χ1) is 10.1. The van der Waals surface area contributed by atoms with Gasteiger partial charge < -0.3 is 20.5 Å². The first kappa shape index (κ1) is 14.7. The number of hydrogen-bond acceptors (Lipinski definition) is 4. The van der Waals surface area contributed by atoms with Crippen molar-refractivity contribution in [3.8, 4) is 11.5 Å². The molecule has 0 aliphatic carbocycles. The third-order valence-corrected chi connectivity index (χ3v) is 3.00. The van der Waals surface area contributed by atoms with E-state index < -0.39 is 0 Å². The molecule has 0 saturated heterocycles. The molecule has 21 heavy (non-hydrogen) atoms. The van der Waals surface area contributed by atoms with Gasteiger partial charge in [-0.05, 0) is 30.7 Å². The van der Waals surface area contributed by atoms with Crippen molar-refractivity contribution in [2.75, 3.05) is 24.8 Å². The molecular weight excluding hydrogens is 268 g/mol. The van der Waals surface area contributed by atoms with E-state index in [0.717, 1.165) is 5.56 Å². The van der Waals surface area contributed by atoms with Crippen LogP contribution < -0.4 is 20.5 Å². The summed E-state index contributed by atoms with van der Waals surface area (Å²) in [5, 5.41) is 2.76. The SMILES string of the molecule is COc1ccccc1OCC(=O)Nc1c(C)cccc1N. The molecule has 0 aliphatic rings. The lowest BCUT2D eigenvalue weighted by Crippen LogP contribution is -2.21. The normalized spacial score (nSPS) is 10.0. The molecule has 0 bridgehead atoms. The Kier molecular flexibility index (Phi) is 4.66. The second-order valence-electron chi connectivity index (χ2n) is 4.53. The molecule has 1 amide bonds. The van der Waals surface area contributed by atoms with Gasteiger partial charge in [0, 0.05) is 0 Å². The number of hydrogen-bond donors (Lipinski definition) is 2. The van der Waals surface area contributed by atoms with E-state index in [1.165, 1.54) is 0 Å². The number of amides is 1. The van der Waals surface area contributed by atoms with Gasteiger partial charge in [-0.25, -0.2) is 0 Å². The summed E-state index contributed by atoms with van der Waals surface area (Å²) >= 11 is 0. The van der Waals surface area contributed by atoms with Gasteiger partial charge in [-0.1, -0.05) is 24.3 Å². The van der Waals surface area contributed by atoms with Crippen LogP contribution in [0.25, 0.3) is 0 Å². The van der Waals surface area contributed by atoms with Gasteiger partial charge in [-0.2, -0.15) is 0 Å². The maximum absolute atomic E-state index is 12.0. The quantitative estimate of drug-likeness (QED) is 0.829. The van der Waals surface area contributed by atoms with Crippen molar-refractivity contribution in [1.29, 1.82) is 0 Å². The number of para-hydroxylation sites is 3. The maximum atomic E-state index is 12.0. The highest BCUT2D eigenvalue weighted by Gasteiger charge is 2.10. The minimum atomic E-state index is -0.276. The predicted octanol–water partition coefficient (Wildman–Crippen LogP) is 2.60. The molecule has 0 saturated carbocycles. The Morgan fingerprint density at radius 3 is 2.52 bits per heavy atom. The first-order valence-electron chi connectivity index (χ1n) is 6.52. The van der Waals surface area contributed by atoms with Crippen LogP contribution in [-0.2, 0) is 4.79 Å². The fraction of sp³-hybridized carbons (Fsp3) is 0.188. The Bertz CT molecular complexity index is 621. The van der Waals surface area contributed by atoms with Crippen LogP contribution in [0.1, 0.15) is 5.56 Å². The molecule has 3 N–H and O–H groups in total. The molecule has 0 aliphatic heterocycles. The monoisotopic (exact) mass is 286 g/mol. The Labute approximate surface area is 123 Å². The van der Waals surface area contributed by atoms with Crippen molar-refractivity contribution in [3.63, 3.8) is 0 Å². The van der Waals surface area contributed by atoms with E-state index in [4.69, 9.17) is 15.2 Å². The standard InChI is InChI=1S/C16H18N2O3/c1-11-6-5-7-12(17)16(11)18-15(19)10-21-14-9-4-3-8-13(14)20-2/h3-9H,10,17H2,1-2H3,(H,18,19). The second-order valence-corrected chi connectivity index (χ2v) is 4.53. The summed E-state index contributed by atoms with van der Waals surface area (Å²) in [6, 6.07) is 12.6.